The molecule has 2 saturated carbocycles. The Morgan fingerprint density at radius 3 is 2.54 bits per heavy atom. The Labute approximate surface area is 163 Å². The van der Waals surface area contributed by atoms with Crippen LogP contribution < -0.4 is 11.0 Å². The second kappa shape index (κ2) is 5.49. The quantitative estimate of drug-likeness (QED) is 0.757. The number of rotatable bonds is 3. The number of aromatic nitrogens is 4. The SMILES string of the molecule is Cn1c2ccccc2n2c(=O)n(CC(=O)N[C@@]3(C)[C@H]4CC[C@@H](C4)C3(C)C)nc12. The Bertz CT molecular complexity index is 1170. The van der Waals surface area contributed by atoms with E-state index in [9.17, 15) is 9.59 Å². The number of fused-ring (bicyclic) bond motifs is 5. The van der Waals surface area contributed by atoms with Gasteiger partial charge in [-0.2, -0.15) is 0 Å². The van der Waals surface area contributed by atoms with Gasteiger partial charge in [0.2, 0.25) is 11.7 Å². The van der Waals surface area contributed by atoms with E-state index in [1.54, 1.807) is 4.40 Å². The fraction of sp³-hybridized carbons (Fsp3) is 0.571. The standard InChI is InChI=1S/C21H27N5O2/c1-20(2)13-9-10-14(11-13)21(20,3)22-17(27)12-25-19(28)26-16-8-6-5-7-15(16)24(4)18(26)23-25/h5-8,13-14H,9-12H2,1-4H3,(H,22,27)/t13-,14-,21-/m0/s1. The van der Waals surface area contributed by atoms with Crippen LogP contribution in [0.25, 0.3) is 16.8 Å². The molecule has 3 atom stereocenters. The second-order valence-corrected chi connectivity index (χ2v) is 9.30. The van der Waals surface area contributed by atoms with Crippen molar-refractivity contribution in [3.63, 3.8) is 0 Å². The van der Waals surface area contributed by atoms with Crippen LogP contribution in [0.4, 0.5) is 0 Å². The topological polar surface area (TPSA) is 73.3 Å². The lowest BCUT2D eigenvalue weighted by Gasteiger charge is -2.48. The molecule has 0 saturated heterocycles. The smallest absolute Gasteiger partial charge is 0.349 e. The van der Waals surface area contributed by atoms with Crippen molar-refractivity contribution in [3.05, 3.63) is 34.7 Å². The largest absolute Gasteiger partial charge is 0.352 e. The van der Waals surface area contributed by atoms with Crippen molar-refractivity contribution in [2.45, 2.75) is 52.1 Å². The monoisotopic (exact) mass is 381 g/mol. The first kappa shape index (κ1) is 17.5. The summed E-state index contributed by atoms with van der Waals surface area (Å²) in [5, 5.41) is 7.73. The molecule has 148 valence electrons. The minimum absolute atomic E-state index is 0.0576. The van der Waals surface area contributed by atoms with Crippen LogP contribution in [0.5, 0.6) is 0 Å². The van der Waals surface area contributed by atoms with Crippen LogP contribution in [0.3, 0.4) is 0 Å². The summed E-state index contributed by atoms with van der Waals surface area (Å²) in [4.78, 5) is 25.8. The molecule has 2 heterocycles. The van der Waals surface area contributed by atoms with E-state index in [0.29, 0.717) is 17.6 Å². The minimum atomic E-state index is -0.278. The molecule has 2 aromatic heterocycles. The van der Waals surface area contributed by atoms with Gasteiger partial charge in [0, 0.05) is 12.6 Å². The van der Waals surface area contributed by atoms with E-state index >= 15 is 0 Å². The summed E-state index contributed by atoms with van der Waals surface area (Å²) in [5.74, 6) is 1.58. The zero-order chi connectivity index (χ0) is 19.8. The van der Waals surface area contributed by atoms with Crippen LogP contribution in [0.15, 0.2) is 29.1 Å². The maximum absolute atomic E-state index is 12.9. The number of nitrogens with one attached hydrogen (secondary N) is 1. The highest BCUT2D eigenvalue weighted by Gasteiger charge is 2.60. The summed E-state index contributed by atoms with van der Waals surface area (Å²) in [5.41, 5.74) is 1.29. The van der Waals surface area contributed by atoms with E-state index < -0.39 is 0 Å². The normalized spacial score (nSPS) is 28.4. The van der Waals surface area contributed by atoms with E-state index in [1.165, 1.54) is 23.9 Å². The van der Waals surface area contributed by atoms with Crippen molar-refractivity contribution in [3.8, 4) is 0 Å². The van der Waals surface area contributed by atoms with Crippen LogP contribution >= 0.6 is 0 Å². The van der Waals surface area contributed by atoms with E-state index in [2.05, 4.69) is 31.2 Å². The zero-order valence-electron chi connectivity index (χ0n) is 16.9. The van der Waals surface area contributed by atoms with Gasteiger partial charge in [-0.3, -0.25) is 4.79 Å². The van der Waals surface area contributed by atoms with Gasteiger partial charge in [0.25, 0.3) is 0 Å². The number of imidazole rings is 1. The maximum Gasteiger partial charge on any atom is 0.352 e. The molecule has 28 heavy (non-hydrogen) atoms. The third-order valence-electron chi connectivity index (χ3n) is 7.91. The number of carbonyl (C=O) groups is 1. The van der Waals surface area contributed by atoms with Gasteiger partial charge in [-0.1, -0.05) is 26.0 Å². The summed E-state index contributed by atoms with van der Waals surface area (Å²) >= 11 is 0. The number of hydrogen-bond acceptors (Lipinski definition) is 3. The summed E-state index contributed by atoms with van der Waals surface area (Å²) in [6.07, 6.45) is 3.61. The van der Waals surface area contributed by atoms with Crippen LogP contribution in [0.1, 0.15) is 40.0 Å². The molecule has 2 fully saturated rings. The lowest BCUT2D eigenvalue weighted by molar-refractivity contribution is -0.126. The Morgan fingerprint density at radius 1 is 1.18 bits per heavy atom. The van der Waals surface area contributed by atoms with Gasteiger partial charge in [-0.15, -0.1) is 5.10 Å². The average molecular weight is 381 g/mol. The molecular weight excluding hydrogens is 354 g/mol. The van der Waals surface area contributed by atoms with Crippen molar-refractivity contribution in [1.82, 2.24) is 24.1 Å². The molecule has 0 aliphatic heterocycles. The molecule has 2 aliphatic rings. The first-order chi connectivity index (χ1) is 13.2. The van der Waals surface area contributed by atoms with Gasteiger partial charge in [0.1, 0.15) is 6.54 Å². The second-order valence-electron chi connectivity index (χ2n) is 9.30. The number of amides is 1. The van der Waals surface area contributed by atoms with Crippen molar-refractivity contribution in [1.29, 1.82) is 0 Å². The van der Waals surface area contributed by atoms with Crippen LogP contribution in [-0.2, 0) is 18.4 Å². The van der Waals surface area contributed by atoms with Crippen LogP contribution in [-0.4, -0.2) is 30.2 Å². The van der Waals surface area contributed by atoms with Gasteiger partial charge in [-0.05, 0) is 55.6 Å². The highest BCUT2D eigenvalue weighted by Crippen LogP contribution is 2.61. The van der Waals surface area contributed by atoms with E-state index in [0.717, 1.165) is 11.0 Å². The molecule has 5 rings (SSSR count). The highest BCUT2D eigenvalue weighted by molar-refractivity contribution is 5.80. The molecule has 7 heteroatoms. The first-order valence-electron chi connectivity index (χ1n) is 10.1. The number of carbonyl (C=O) groups excluding carboxylic acids is 1. The Kier molecular flexibility index (Phi) is 3.44. The fourth-order valence-corrected chi connectivity index (χ4v) is 5.81. The Balaban J connectivity index is 1.46. The summed E-state index contributed by atoms with van der Waals surface area (Å²) in [6.45, 7) is 6.65. The van der Waals surface area contributed by atoms with E-state index in [4.69, 9.17) is 0 Å². The highest BCUT2D eigenvalue weighted by atomic mass is 16.2. The Morgan fingerprint density at radius 2 is 1.86 bits per heavy atom. The van der Waals surface area contributed by atoms with Gasteiger partial charge in [0.05, 0.1) is 11.0 Å². The maximum atomic E-state index is 12.9. The number of benzene rings is 1. The zero-order valence-corrected chi connectivity index (χ0v) is 16.9. The van der Waals surface area contributed by atoms with Gasteiger partial charge in [0.15, 0.2) is 0 Å². The number of aryl methyl sites for hydroxylation is 1. The molecular formula is C21H27N5O2. The summed E-state index contributed by atoms with van der Waals surface area (Å²) in [7, 11) is 1.88. The van der Waals surface area contributed by atoms with E-state index in [-0.39, 0.29) is 29.1 Å². The molecule has 1 aromatic carbocycles. The molecule has 3 aromatic rings. The molecule has 1 amide bonds. The van der Waals surface area contributed by atoms with Crippen LogP contribution in [0, 0.1) is 17.3 Å². The van der Waals surface area contributed by atoms with E-state index in [1.807, 2.05) is 35.9 Å². The molecule has 2 bridgehead atoms. The predicted molar refractivity (Wildman–Crippen MR) is 107 cm³/mol. The lowest BCUT2D eigenvalue weighted by atomic mass is 9.64. The fourth-order valence-electron chi connectivity index (χ4n) is 5.81. The van der Waals surface area contributed by atoms with Gasteiger partial charge < -0.3 is 9.88 Å². The average Bonchev–Trinajstić information content (AvgIpc) is 3.36. The van der Waals surface area contributed by atoms with Gasteiger partial charge in [-0.25, -0.2) is 13.9 Å². The summed E-state index contributed by atoms with van der Waals surface area (Å²) < 4.78 is 4.73. The minimum Gasteiger partial charge on any atom is -0.349 e. The van der Waals surface area contributed by atoms with Crippen molar-refractivity contribution in [2.24, 2.45) is 24.3 Å². The number of para-hydroxylation sites is 2. The third-order valence-corrected chi connectivity index (χ3v) is 7.91. The summed E-state index contributed by atoms with van der Waals surface area (Å²) in [6, 6.07) is 7.69. The van der Waals surface area contributed by atoms with Crippen molar-refractivity contribution in [2.75, 3.05) is 0 Å². The number of nitrogens with zero attached hydrogens (tertiary/aromatic N) is 4. The molecule has 7 nitrogen and oxygen atoms in total. The van der Waals surface area contributed by atoms with Crippen LogP contribution in [0.2, 0.25) is 0 Å². The Hall–Kier alpha value is -2.57. The molecule has 0 radical (unpaired) electrons. The van der Waals surface area contributed by atoms with Gasteiger partial charge >= 0.3 is 5.69 Å². The van der Waals surface area contributed by atoms with Crippen molar-refractivity contribution < 1.29 is 4.79 Å². The molecule has 0 unspecified atom stereocenters. The van der Waals surface area contributed by atoms with Crippen molar-refractivity contribution >= 4 is 22.7 Å². The lowest BCUT2D eigenvalue weighted by Crippen LogP contribution is -2.60. The molecule has 0 spiro atoms. The molecule has 1 N–H and O–H groups in total. The first-order valence-corrected chi connectivity index (χ1v) is 10.1. The molecule has 2 aliphatic carbocycles. The third kappa shape index (κ3) is 2.07. The predicted octanol–water partition coefficient (Wildman–Crippen LogP) is 2.32. The number of hydrogen-bond donors (Lipinski definition) is 1.